The lowest BCUT2D eigenvalue weighted by Gasteiger charge is -2.26. The van der Waals surface area contributed by atoms with E-state index in [0.29, 0.717) is 6.61 Å². The Balaban J connectivity index is 1.47. The van der Waals surface area contributed by atoms with E-state index in [4.69, 9.17) is 4.74 Å². The highest BCUT2D eigenvalue weighted by Crippen LogP contribution is 2.52. The monoisotopic (exact) mass is 358 g/mol. The van der Waals surface area contributed by atoms with E-state index < -0.39 is 6.10 Å². The number of carbonyl (C=O) groups is 2. The summed E-state index contributed by atoms with van der Waals surface area (Å²) in [7, 11) is 0. The molecule has 1 saturated heterocycles. The second-order valence-corrected chi connectivity index (χ2v) is 8.36. The van der Waals surface area contributed by atoms with Crippen molar-refractivity contribution in [2.24, 2.45) is 11.3 Å². The third-order valence-corrected chi connectivity index (χ3v) is 5.89. The van der Waals surface area contributed by atoms with Crippen molar-refractivity contribution in [1.82, 2.24) is 10.2 Å². The number of nitrogens with one attached hydrogen (secondary N) is 1. The van der Waals surface area contributed by atoms with Crippen molar-refractivity contribution in [1.29, 1.82) is 0 Å². The zero-order valence-electron chi connectivity index (χ0n) is 16.2. The predicted octanol–water partition coefficient (Wildman–Crippen LogP) is 2.74. The Morgan fingerprint density at radius 3 is 2.58 bits per heavy atom. The van der Waals surface area contributed by atoms with Crippen molar-refractivity contribution in [3.05, 3.63) is 35.9 Å². The lowest BCUT2D eigenvalue weighted by Crippen LogP contribution is -2.48. The van der Waals surface area contributed by atoms with Crippen LogP contribution in [0, 0.1) is 11.3 Å². The predicted molar refractivity (Wildman–Crippen MR) is 100 cm³/mol. The molecule has 1 aliphatic heterocycles. The minimum atomic E-state index is -0.519. The van der Waals surface area contributed by atoms with E-state index in [2.05, 4.69) is 19.2 Å². The van der Waals surface area contributed by atoms with Crippen LogP contribution in [0.1, 0.15) is 46.1 Å². The summed E-state index contributed by atoms with van der Waals surface area (Å²) in [6, 6.07) is 9.85. The van der Waals surface area contributed by atoms with Crippen LogP contribution in [0.3, 0.4) is 0 Å². The third-order valence-electron chi connectivity index (χ3n) is 5.89. The molecular weight excluding hydrogens is 328 g/mol. The molecule has 5 nitrogen and oxygen atoms in total. The Morgan fingerprint density at radius 1 is 1.31 bits per heavy atom. The molecule has 1 aromatic rings. The number of rotatable bonds is 6. The molecule has 4 atom stereocenters. The van der Waals surface area contributed by atoms with Gasteiger partial charge in [0.15, 0.2) is 0 Å². The van der Waals surface area contributed by atoms with Crippen molar-refractivity contribution in [2.75, 3.05) is 6.54 Å². The molecule has 0 bridgehead atoms. The number of benzene rings is 1. The number of ether oxygens (including phenoxy) is 1. The molecule has 1 aliphatic carbocycles. The topological polar surface area (TPSA) is 58.6 Å². The van der Waals surface area contributed by atoms with Crippen molar-refractivity contribution in [3.8, 4) is 0 Å². The molecule has 26 heavy (non-hydrogen) atoms. The molecule has 2 fully saturated rings. The van der Waals surface area contributed by atoms with E-state index in [9.17, 15) is 9.59 Å². The summed E-state index contributed by atoms with van der Waals surface area (Å²) in [6.07, 6.45) is 1.25. The van der Waals surface area contributed by atoms with Gasteiger partial charge in [-0.05, 0) is 37.7 Å². The summed E-state index contributed by atoms with van der Waals surface area (Å²) in [6.45, 7) is 9.21. The average Bonchev–Trinajstić information content (AvgIpc) is 3.12. The van der Waals surface area contributed by atoms with E-state index >= 15 is 0 Å². The summed E-state index contributed by atoms with van der Waals surface area (Å²) in [5, 5.41) is 3.07. The van der Waals surface area contributed by atoms with Gasteiger partial charge >= 0.3 is 0 Å². The van der Waals surface area contributed by atoms with Crippen molar-refractivity contribution in [2.45, 2.75) is 65.3 Å². The Labute approximate surface area is 156 Å². The first-order valence-corrected chi connectivity index (χ1v) is 9.56. The van der Waals surface area contributed by atoms with Gasteiger partial charge in [-0.25, -0.2) is 0 Å². The number of amides is 2. The number of carbonyl (C=O) groups excluding carboxylic acids is 2. The van der Waals surface area contributed by atoms with E-state index in [1.54, 1.807) is 6.92 Å². The Kier molecular flexibility index (Phi) is 5.37. The number of nitrogens with zero attached hydrogens (tertiary/aromatic N) is 1. The van der Waals surface area contributed by atoms with E-state index in [1.807, 2.05) is 42.2 Å². The molecule has 2 amide bonds. The number of hydrogen-bond donors (Lipinski definition) is 1. The zero-order valence-corrected chi connectivity index (χ0v) is 16.2. The summed E-state index contributed by atoms with van der Waals surface area (Å²) >= 11 is 0. The quantitative estimate of drug-likeness (QED) is 0.851. The Hall–Kier alpha value is -1.88. The third kappa shape index (κ3) is 4.09. The largest absolute Gasteiger partial charge is 0.364 e. The molecule has 1 saturated carbocycles. The van der Waals surface area contributed by atoms with Gasteiger partial charge in [0.1, 0.15) is 6.10 Å². The second-order valence-electron chi connectivity index (χ2n) is 8.36. The molecule has 2 aliphatic rings. The molecule has 0 aromatic heterocycles. The molecule has 1 heterocycles. The zero-order chi connectivity index (χ0) is 18.9. The molecule has 0 radical (unpaired) electrons. The fourth-order valence-electron chi connectivity index (χ4n) is 3.70. The normalized spacial score (nSPS) is 27.8. The summed E-state index contributed by atoms with van der Waals surface area (Å²) in [5.41, 5.74) is 1.18. The highest BCUT2D eigenvalue weighted by Gasteiger charge is 2.53. The van der Waals surface area contributed by atoms with Gasteiger partial charge in [-0.3, -0.25) is 9.59 Å². The molecule has 0 spiro atoms. The first kappa shape index (κ1) is 18.9. The van der Waals surface area contributed by atoms with Crippen LogP contribution in [0.2, 0.25) is 0 Å². The Bertz CT molecular complexity index is 658. The van der Waals surface area contributed by atoms with Gasteiger partial charge in [0.2, 0.25) is 11.8 Å². The van der Waals surface area contributed by atoms with Crippen LogP contribution in [0.4, 0.5) is 0 Å². The molecule has 142 valence electrons. The van der Waals surface area contributed by atoms with Crippen molar-refractivity contribution < 1.29 is 14.3 Å². The fraction of sp³-hybridized carbons (Fsp3) is 0.619. The van der Waals surface area contributed by atoms with Crippen LogP contribution in [-0.4, -0.2) is 41.4 Å². The van der Waals surface area contributed by atoms with Crippen molar-refractivity contribution >= 4 is 11.8 Å². The van der Waals surface area contributed by atoms with Crippen molar-refractivity contribution in [3.63, 3.8) is 0 Å². The van der Waals surface area contributed by atoms with Crippen LogP contribution in [0.15, 0.2) is 30.3 Å². The SMILES string of the molecule is C[C@H](OCc1ccccc1)C(=O)N[C@H]1CCN(C(=O)[C@H]2CC2(C)C)[C@@H]1C. The fourth-order valence-corrected chi connectivity index (χ4v) is 3.70. The molecule has 0 unspecified atom stereocenters. The number of hydrogen-bond acceptors (Lipinski definition) is 3. The lowest BCUT2D eigenvalue weighted by atomic mass is 10.1. The van der Waals surface area contributed by atoms with Gasteiger partial charge in [-0.2, -0.15) is 0 Å². The minimum absolute atomic E-state index is 0.00362. The van der Waals surface area contributed by atoms with Gasteiger partial charge < -0.3 is 15.0 Å². The smallest absolute Gasteiger partial charge is 0.249 e. The maximum Gasteiger partial charge on any atom is 0.249 e. The van der Waals surface area contributed by atoms with Crippen LogP contribution in [0.25, 0.3) is 0 Å². The minimum Gasteiger partial charge on any atom is -0.364 e. The van der Waals surface area contributed by atoms with Crippen LogP contribution in [-0.2, 0) is 20.9 Å². The Morgan fingerprint density at radius 2 is 1.96 bits per heavy atom. The van der Waals surface area contributed by atoms with Crippen LogP contribution >= 0.6 is 0 Å². The first-order chi connectivity index (χ1) is 12.3. The summed E-state index contributed by atoms with van der Waals surface area (Å²) < 4.78 is 5.69. The van der Waals surface area contributed by atoms with E-state index in [1.165, 1.54) is 0 Å². The highest BCUT2D eigenvalue weighted by molar-refractivity contribution is 5.84. The van der Waals surface area contributed by atoms with Gasteiger partial charge in [0, 0.05) is 18.5 Å². The molecule has 3 rings (SSSR count). The van der Waals surface area contributed by atoms with Crippen LogP contribution < -0.4 is 5.32 Å². The van der Waals surface area contributed by atoms with Gasteiger partial charge in [-0.15, -0.1) is 0 Å². The van der Waals surface area contributed by atoms with Gasteiger partial charge in [0.25, 0.3) is 0 Å². The highest BCUT2D eigenvalue weighted by atomic mass is 16.5. The standard InChI is InChI=1S/C21H30N2O3/c1-14-18(10-11-23(14)20(25)17-12-21(17,3)4)22-19(24)15(2)26-13-16-8-6-5-7-9-16/h5-9,14-15,17-18H,10-13H2,1-4H3,(H,22,24)/t14-,15+,17-,18+/m1/s1. The van der Waals surface area contributed by atoms with Gasteiger partial charge in [-0.1, -0.05) is 44.2 Å². The molecule has 5 heteroatoms. The maximum atomic E-state index is 12.6. The molecule has 1 aromatic carbocycles. The molecular formula is C21H30N2O3. The second kappa shape index (κ2) is 7.39. The summed E-state index contributed by atoms with van der Waals surface area (Å²) in [5.74, 6) is 0.277. The lowest BCUT2D eigenvalue weighted by molar-refractivity contribution is -0.136. The molecule has 1 N–H and O–H groups in total. The van der Waals surface area contributed by atoms with Gasteiger partial charge in [0.05, 0.1) is 12.6 Å². The van der Waals surface area contributed by atoms with Crippen LogP contribution in [0.5, 0.6) is 0 Å². The first-order valence-electron chi connectivity index (χ1n) is 9.56. The maximum absolute atomic E-state index is 12.6. The average molecular weight is 358 g/mol. The van der Waals surface area contributed by atoms with E-state index in [0.717, 1.165) is 24.9 Å². The van der Waals surface area contributed by atoms with E-state index in [-0.39, 0.29) is 35.2 Å². The number of likely N-dealkylation sites (tertiary alicyclic amines) is 1. The summed E-state index contributed by atoms with van der Waals surface area (Å²) in [4.78, 5) is 27.0.